The molecule has 0 atom stereocenters. The Kier molecular flexibility index (Phi) is 4.57. The van der Waals surface area contributed by atoms with Crippen molar-refractivity contribution in [1.82, 2.24) is 4.57 Å². The number of pyridine rings is 1. The highest BCUT2D eigenvalue weighted by atomic mass is 16.1. The van der Waals surface area contributed by atoms with E-state index in [4.69, 9.17) is 5.73 Å². The second-order valence-electron chi connectivity index (χ2n) is 7.08. The van der Waals surface area contributed by atoms with E-state index in [-0.39, 0.29) is 17.5 Å². The van der Waals surface area contributed by atoms with Gasteiger partial charge in [0.05, 0.1) is 0 Å². The maximum absolute atomic E-state index is 12.8. The van der Waals surface area contributed by atoms with Crippen molar-refractivity contribution >= 4 is 0 Å². The minimum Gasteiger partial charge on any atom is -0.326 e. The molecular weight excluding hydrogens is 272 g/mol. The summed E-state index contributed by atoms with van der Waals surface area (Å²) in [5, 5.41) is 0. The molecule has 1 aromatic heterocycles. The summed E-state index contributed by atoms with van der Waals surface area (Å²) >= 11 is 0. The van der Waals surface area contributed by atoms with E-state index in [0.29, 0.717) is 11.5 Å². The molecule has 0 aliphatic rings. The molecule has 0 bridgehead atoms. The predicted octanol–water partition coefficient (Wildman–Crippen LogP) is 3.72. The Bertz CT molecular complexity index is 704. The van der Waals surface area contributed by atoms with Gasteiger partial charge in [0.25, 0.3) is 5.56 Å². The molecule has 118 valence electrons. The van der Waals surface area contributed by atoms with E-state index in [0.717, 1.165) is 11.4 Å². The van der Waals surface area contributed by atoms with Crippen LogP contribution in [0.2, 0.25) is 0 Å². The van der Waals surface area contributed by atoms with Gasteiger partial charge in [-0.05, 0) is 29.7 Å². The van der Waals surface area contributed by atoms with Gasteiger partial charge in [0.15, 0.2) is 0 Å². The van der Waals surface area contributed by atoms with Crippen molar-refractivity contribution < 1.29 is 0 Å². The quantitative estimate of drug-likeness (QED) is 0.939. The molecule has 22 heavy (non-hydrogen) atoms. The largest absolute Gasteiger partial charge is 0.326 e. The van der Waals surface area contributed by atoms with Crippen LogP contribution in [0.15, 0.2) is 41.2 Å². The van der Waals surface area contributed by atoms with E-state index in [9.17, 15) is 4.79 Å². The van der Waals surface area contributed by atoms with Crippen molar-refractivity contribution in [2.45, 2.75) is 52.5 Å². The van der Waals surface area contributed by atoms with Gasteiger partial charge in [-0.15, -0.1) is 0 Å². The summed E-state index contributed by atoms with van der Waals surface area (Å²) in [6.07, 6.45) is 0. The second-order valence-corrected chi connectivity index (χ2v) is 7.08. The average Bonchev–Trinajstić information content (AvgIpc) is 2.46. The van der Waals surface area contributed by atoms with Crippen LogP contribution in [0.4, 0.5) is 0 Å². The van der Waals surface area contributed by atoms with E-state index in [1.165, 1.54) is 5.56 Å². The summed E-state index contributed by atoms with van der Waals surface area (Å²) in [6.45, 7) is 10.9. The molecule has 3 heteroatoms. The van der Waals surface area contributed by atoms with Crippen LogP contribution in [0.5, 0.6) is 0 Å². The SMILES string of the molecule is CC(C)c1ccc(-n2c(C(C)(C)C)ccc(CN)c2=O)cc1. The first-order valence-electron chi connectivity index (χ1n) is 7.81. The van der Waals surface area contributed by atoms with Crippen LogP contribution in [0.25, 0.3) is 5.69 Å². The van der Waals surface area contributed by atoms with Gasteiger partial charge in [-0.25, -0.2) is 0 Å². The summed E-state index contributed by atoms with van der Waals surface area (Å²) in [6, 6.07) is 12.1. The Morgan fingerprint density at radius 3 is 2.09 bits per heavy atom. The van der Waals surface area contributed by atoms with Crippen LogP contribution >= 0.6 is 0 Å². The summed E-state index contributed by atoms with van der Waals surface area (Å²) in [5.74, 6) is 0.475. The first-order valence-corrected chi connectivity index (χ1v) is 7.81. The summed E-state index contributed by atoms with van der Waals surface area (Å²) in [5.41, 5.74) is 9.36. The Morgan fingerprint density at radius 2 is 1.64 bits per heavy atom. The van der Waals surface area contributed by atoms with Crippen molar-refractivity contribution in [3.8, 4) is 5.69 Å². The fraction of sp³-hybridized carbons (Fsp3) is 0.421. The van der Waals surface area contributed by atoms with E-state index in [1.807, 2.05) is 24.3 Å². The Balaban J connectivity index is 2.69. The van der Waals surface area contributed by atoms with Gasteiger partial charge in [-0.1, -0.05) is 52.8 Å². The molecule has 1 heterocycles. The smallest absolute Gasteiger partial charge is 0.259 e. The lowest BCUT2D eigenvalue weighted by atomic mass is 9.90. The number of rotatable bonds is 3. The van der Waals surface area contributed by atoms with Crippen LogP contribution in [0.3, 0.4) is 0 Å². The molecule has 0 aliphatic carbocycles. The minimum absolute atomic E-state index is 0.0211. The van der Waals surface area contributed by atoms with Crippen molar-refractivity contribution in [3.05, 3.63) is 63.6 Å². The van der Waals surface area contributed by atoms with Crippen LogP contribution < -0.4 is 11.3 Å². The third-order valence-electron chi connectivity index (χ3n) is 3.97. The van der Waals surface area contributed by atoms with Gasteiger partial charge >= 0.3 is 0 Å². The lowest BCUT2D eigenvalue weighted by Crippen LogP contribution is -2.31. The van der Waals surface area contributed by atoms with Crippen LogP contribution in [-0.2, 0) is 12.0 Å². The maximum Gasteiger partial charge on any atom is 0.259 e. The highest BCUT2D eigenvalue weighted by molar-refractivity contribution is 5.40. The fourth-order valence-electron chi connectivity index (χ4n) is 2.58. The Morgan fingerprint density at radius 1 is 1.05 bits per heavy atom. The number of nitrogens with zero attached hydrogens (tertiary/aromatic N) is 1. The lowest BCUT2D eigenvalue weighted by Gasteiger charge is -2.25. The minimum atomic E-state index is -0.122. The topological polar surface area (TPSA) is 48.0 Å². The van der Waals surface area contributed by atoms with E-state index in [1.54, 1.807) is 4.57 Å². The second kappa shape index (κ2) is 6.09. The van der Waals surface area contributed by atoms with Gasteiger partial charge in [0.2, 0.25) is 0 Å². The molecule has 0 unspecified atom stereocenters. The number of hydrogen-bond donors (Lipinski definition) is 1. The zero-order valence-corrected chi connectivity index (χ0v) is 14.2. The van der Waals surface area contributed by atoms with E-state index < -0.39 is 0 Å². The van der Waals surface area contributed by atoms with Gasteiger partial charge in [0, 0.05) is 28.9 Å². The summed E-state index contributed by atoms with van der Waals surface area (Å²) < 4.78 is 1.80. The van der Waals surface area contributed by atoms with Crippen molar-refractivity contribution in [2.24, 2.45) is 5.73 Å². The summed E-state index contributed by atoms with van der Waals surface area (Å²) in [4.78, 5) is 12.8. The summed E-state index contributed by atoms with van der Waals surface area (Å²) in [7, 11) is 0. The van der Waals surface area contributed by atoms with E-state index in [2.05, 4.69) is 46.8 Å². The number of aromatic nitrogens is 1. The molecule has 0 saturated heterocycles. The zero-order chi connectivity index (χ0) is 16.5. The predicted molar refractivity (Wildman–Crippen MR) is 92.7 cm³/mol. The molecule has 0 amide bonds. The molecule has 2 N–H and O–H groups in total. The molecule has 0 spiro atoms. The molecular formula is C19H26N2O. The third-order valence-corrected chi connectivity index (χ3v) is 3.97. The standard InChI is InChI=1S/C19H26N2O/c1-13(2)14-6-9-16(10-7-14)21-17(19(3,4)5)11-8-15(12-20)18(21)22/h6-11,13H,12,20H2,1-5H3. The lowest BCUT2D eigenvalue weighted by molar-refractivity contribution is 0.546. The van der Waals surface area contributed by atoms with Gasteiger partial charge in [-0.2, -0.15) is 0 Å². The zero-order valence-electron chi connectivity index (χ0n) is 14.2. The molecule has 2 rings (SSSR count). The van der Waals surface area contributed by atoms with Crippen molar-refractivity contribution in [3.63, 3.8) is 0 Å². The van der Waals surface area contributed by atoms with Crippen molar-refractivity contribution in [1.29, 1.82) is 0 Å². The Hall–Kier alpha value is -1.87. The average molecular weight is 298 g/mol. The van der Waals surface area contributed by atoms with Crippen molar-refractivity contribution in [2.75, 3.05) is 0 Å². The Labute approximate surface area is 132 Å². The van der Waals surface area contributed by atoms with Crippen LogP contribution in [-0.4, -0.2) is 4.57 Å². The number of benzene rings is 1. The highest BCUT2D eigenvalue weighted by Crippen LogP contribution is 2.25. The normalized spacial score (nSPS) is 12.0. The molecule has 3 nitrogen and oxygen atoms in total. The monoisotopic (exact) mass is 298 g/mol. The highest BCUT2D eigenvalue weighted by Gasteiger charge is 2.21. The van der Waals surface area contributed by atoms with Crippen LogP contribution in [0.1, 0.15) is 57.4 Å². The van der Waals surface area contributed by atoms with Crippen LogP contribution in [0, 0.1) is 0 Å². The fourth-order valence-corrected chi connectivity index (χ4v) is 2.58. The van der Waals surface area contributed by atoms with Gasteiger partial charge < -0.3 is 5.73 Å². The van der Waals surface area contributed by atoms with Gasteiger partial charge in [0.1, 0.15) is 0 Å². The molecule has 0 saturated carbocycles. The molecule has 1 aromatic carbocycles. The molecule has 2 aromatic rings. The molecule has 0 fully saturated rings. The third kappa shape index (κ3) is 3.14. The molecule has 0 radical (unpaired) electrons. The first-order chi connectivity index (χ1) is 10.3. The van der Waals surface area contributed by atoms with E-state index >= 15 is 0 Å². The number of nitrogens with two attached hydrogens (primary N) is 1. The molecule has 0 aliphatic heterocycles. The first kappa shape index (κ1) is 16.5. The van der Waals surface area contributed by atoms with Gasteiger partial charge in [-0.3, -0.25) is 9.36 Å². The maximum atomic E-state index is 12.8. The number of hydrogen-bond acceptors (Lipinski definition) is 2.